The minimum atomic E-state index is -0.438. The molecule has 1 N–H and O–H groups in total. The number of benzene rings is 1. The highest BCUT2D eigenvalue weighted by Gasteiger charge is 2.40. The van der Waals surface area contributed by atoms with E-state index in [0.29, 0.717) is 22.7 Å². The number of carbonyl (C=O) groups excluding carboxylic acids is 2. The van der Waals surface area contributed by atoms with Gasteiger partial charge in [0.25, 0.3) is 0 Å². The average Bonchev–Trinajstić information content (AvgIpc) is 2.80. The van der Waals surface area contributed by atoms with Crippen LogP contribution in [0.4, 0.5) is 5.69 Å². The lowest BCUT2D eigenvalue weighted by Gasteiger charge is -2.46. The SMILES string of the molecule is CCC1CC2CCCC(C2)C1CCN1C(=O)CC(C(=O)NC)S/C1=N/c1ccc(Cl)cc1. The quantitative estimate of drug-likeness (QED) is 0.578. The predicted molar refractivity (Wildman–Crippen MR) is 132 cm³/mol. The van der Waals surface area contributed by atoms with Gasteiger partial charge in [-0.15, -0.1) is 0 Å². The molecule has 2 bridgehead atoms. The number of halogens is 1. The van der Waals surface area contributed by atoms with Gasteiger partial charge in [-0.1, -0.05) is 56.0 Å². The highest BCUT2D eigenvalue weighted by Crippen LogP contribution is 2.48. The van der Waals surface area contributed by atoms with Crippen LogP contribution in [-0.4, -0.2) is 40.7 Å². The summed E-state index contributed by atoms with van der Waals surface area (Å²) in [6.07, 6.45) is 9.29. The van der Waals surface area contributed by atoms with E-state index in [1.165, 1.54) is 50.3 Å². The molecule has 1 saturated heterocycles. The number of nitrogens with one attached hydrogen (secondary N) is 1. The molecule has 1 heterocycles. The van der Waals surface area contributed by atoms with E-state index < -0.39 is 5.25 Å². The second-order valence-electron chi connectivity index (χ2n) is 9.49. The van der Waals surface area contributed by atoms with E-state index in [4.69, 9.17) is 16.6 Å². The number of fused-ring (bicyclic) bond motifs is 2. The van der Waals surface area contributed by atoms with Crippen molar-refractivity contribution in [2.75, 3.05) is 13.6 Å². The first-order chi connectivity index (χ1) is 15.5. The fourth-order valence-corrected chi connectivity index (χ4v) is 7.30. The molecular weight excluding hydrogens is 442 g/mol. The van der Waals surface area contributed by atoms with Crippen LogP contribution >= 0.6 is 23.4 Å². The highest BCUT2D eigenvalue weighted by molar-refractivity contribution is 8.15. The van der Waals surface area contributed by atoms with E-state index in [0.717, 1.165) is 29.9 Å². The number of rotatable bonds is 6. The van der Waals surface area contributed by atoms with Crippen LogP contribution in [0.2, 0.25) is 5.02 Å². The third kappa shape index (κ3) is 5.33. The van der Waals surface area contributed by atoms with Gasteiger partial charge in [0.2, 0.25) is 11.8 Å². The molecule has 1 aliphatic heterocycles. The maximum atomic E-state index is 13.1. The number of amides is 2. The minimum absolute atomic E-state index is 0.00422. The maximum absolute atomic E-state index is 13.1. The summed E-state index contributed by atoms with van der Waals surface area (Å²) in [6, 6.07) is 7.28. The molecule has 1 aromatic rings. The number of hydrogen-bond donors (Lipinski definition) is 1. The summed E-state index contributed by atoms with van der Waals surface area (Å²) in [5, 5.41) is 3.52. The van der Waals surface area contributed by atoms with Gasteiger partial charge in [0.15, 0.2) is 5.17 Å². The second-order valence-corrected chi connectivity index (χ2v) is 11.1. The number of amidine groups is 1. The summed E-state index contributed by atoms with van der Waals surface area (Å²) in [5.74, 6) is 3.03. The number of carbonyl (C=O) groups is 2. The number of nitrogens with zero attached hydrogens (tertiary/aromatic N) is 2. The largest absolute Gasteiger partial charge is 0.358 e. The number of aliphatic imine (C=N–C) groups is 1. The van der Waals surface area contributed by atoms with Gasteiger partial charge in [-0.05, 0) is 67.2 Å². The molecule has 2 amide bonds. The van der Waals surface area contributed by atoms with Crippen molar-refractivity contribution in [3.05, 3.63) is 29.3 Å². The second kappa shape index (κ2) is 10.6. The van der Waals surface area contributed by atoms with Crippen molar-refractivity contribution in [3.63, 3.8) is 0 Å². The average molecular weight is 476 g/mol. The van der Waals surface area contributed by atoms with Crippen molar-refractivity contribution in [1.29, 1.82) is 0 Å². The molecule has 174 valence electrons. The topological polar surface area (TPSA) is 61.8 Å². The molecule has 5 nitrogen and oxygen atoms in total. The van der Waals surface area contributed by atoms with Gasteiger partial charge in [0, 0.05) is 25.0 Å². The normalized spacial score (nSPS) is 31.6. The van der Waals surface area contributed by atoms with Gasteiger partial charge in [0.1, 0.15) is 0 Å². The van der Waals surface area contributed by atoms with Crippen molar-refractivity contribution < 1.29 is 9.59 Å². The zero-order valence-corrected chi connectivity index (χ0v) is 20.6. The van der Waals surface area contributed by atoms with Crippen LogP contribution in [0.15, 0.2) is 29.3 Å². The Kier molecular flexibility index (Phi) is 7.83. The Hall–Kier alpha value is -1.53. The van der Waals surface area contributed by atoms with Gasteiger partial charge in [-0.2, -0.15) is 0 Å². The fraction of sp³-hybridized carbons (Fsp3) is 0.640. The third-order valence-corrected chi connectivity index (χ3v) is 9.05. The molecular formula is C25H34ClN3O2S. The molecule has 3 fully saturated rings. The molecule has 0 radical (unpaired) electrons. The van der Waals surface area contributed by atoms with Gasteiger partial charge in [0.05, 0.1) is 10.9 Å². The van der Waals surface area contributed by atoms with Gasteiger partial charge >= 0.3 is 0 Å². The Balaban J connectivity index is 1.53. The van der Waals surface area contributed by atoms with E-state index in [1.807, 2.05) is 17.0 Å². The summed E-state index contributed by atoms with van der Waals surface area (Å²) in [4.78, 5) is 32.0. The van der Waals surface area contributed by atoms with E-state index in [1.54, 1.807) is 19.2 Å². The lowest BCUT2D eigenvalue weighted by molar-refractivity contribution is -0.130. The molecule has 0 aromatic heterocycles. The molecule has 7 heteroatoms. The Morgan fingerprint density at radius 3 is 2.75 bits per heavy atom. The molecule has 2 saturated carbocycles. The van der Waals surface area contributed by atoms with Crippen LogP contribution in [0.5, 0.6) is 0 Å². The van der Waals surface area contributed by atoms with Crippen molar-refractivity contribution in [2.24, 2.45) is 28.7 Å². The van der Waals surface area contributed by atoms with Gasteiger partial charge in [-0.3, -0.25) is 14.5 Å². The molecule has 1 aromatic carbocycles. The molecule has 2 aliphatic carbocycles. The van der Waals surface area contributed by atoms with Crippen molar-refractivity contribution in [1.82, 2.24) is 10.2 Å². The van der Waals surface area contributed by atoms with Crippen molar-refractivity contribution in [2.45, 2.75) is 63.5 Å². The first kappa shape index (κ1) is 23.6. The van der Waals surface area contributed by atoms with Crippen LogP contribution in [0.3, 0.4) is 0 Å². The van der Waals surface area contributed by atoms with Crippen LogP contribution in [-0.2, 0) is 9.59 Å². The maximum Gasteiger partial charge on any atom is 0.233 e. The Morgan fingerprint density at radius 2 is 2.03 bits per heavy atom. The lowest BCUT2D eigenvalue weighted by atomic mass is 9.60. The molecule has 0 spiro atoms. The summed E-state index contributed by atoms with van der Waals surface area (Å²) in [6.45, 7) is 3.00. The lowest BCUT2D eigenvalue weighted by Crippen LogP contribution is -2.47. The molecule has 32 heavy (non-hydrogen) atoms. The van der Waals surface area contributed by atoms with Crippen molar-refractivity contribution >= 4 is 46.0 Å². The molecule has 3 aliphatic rings. The van der Waals surface area contributed by atoms with Crippen LogP contribution in [0.1, 0.15) is 58.3 Å². The third-order valence-electron chi connectivity index (χ3n) is 7.61. The summed E-state index contributed by atoms with van der Waals surface area (Å²) in [5.41, 5.74) is 0.742. The minimum Gasteiger partial charge on any atom is -0.358 e. The monoisotopic (exact) mass is 475 g/mol. The first-order valence-corrected chi connectivity index (χ1v) is 13.3. The van der Waals surface area contributed by atoms with Crippen LogP contribution < -0.4 is 5.32 Å². The molecule has 5 atom stereocenters. The number of thioether (sulfide) groups is 1. The Morgan fingerprint density at radius 1 is 1.25 bits per heavy atom. The standard InChI is InChI=1S/C25H34ClN3O2S/c1-3-17-13-16-5-4-6-18(14-16)21(17)11-12-29-23(30)15-22(24(31)27-2)32-25(29)28-20-9-7-19(26)8-10-20/h7-10,16-18,21-22H,3-6,11-15H2,1-2H3,(H,27,31)/b28-25+. The van der Waals surface area contributed by atoms with E-state index in [2.05, 4.69) is 12.2 Å². The zero-order chi connectivity index (χ0) is 22.7. The highest BCUT2D eigenvalue weighted by atomic mass is 35.5. The van der Waals surface area contributed by atoms with E-state index in [-0.39, 0.29) is 18.2 Å². The Labute approximate surface area is 200 Å². The Bertz CT molecular complexity index is 857. The zero-order valence-electron chi connectivity index (χ0n) is 19.1. The first-order valence-electron chi connectivity index (χ1n) is 12.0. The fourth-order valence-electron chi connectivity index (χ4n) is 5.99. The van der Waals surface area contributed by atoms with Crippen LogP contribution in [0, 0.1) is 23.7 Å². The predicted octanol–water partition coefficient (Wildman–Crippen LogP) is 5.65. The summed E-state index contributed by atoms with van der Waals surface area (Å²) in [7, 11) is 1.61. The van der Waals surface area contributed by atoms with E-state index >= 15 is 0 Å². The smallest absolute Gasteiger partial charge is 0.233 e. The number of hydrogen-bond acceptors (Lipinski definition) is 4. The van der Waals surface area contributed by atoms with E-state index in [9.17, 15) is 9.59 Å². The van der Waals surface area contributed by atoms with Crippen LogP contribution in [0.25, 0.3) is 0 Å². The van der Waals surface area contributed by atoms with Gasteiger partial charge in [-0.25, -0.2) is 4.99 Å². The molecule has 5 unspecified atom stereocenters. The van der Waals surface area contributed by atoms with Gasteiger partial charge < -0.3 is 5.32 Å². The molecule has 4 rings (SSSR count). The summed E-state index contributed by atoms with van der Waals surface area (Å²) >= 11 is 7.42. The van der Waals surface area contributed by atoms with Crippen molar-refractivity contribution in [3.8, 4) is 0 Å². The summed E-state index contributed by atoms with van der Waals surface area (Å²) < 4.78 is 0.